The maximum Gasteiger partial charge on any atom is 0.232 e. The number of anilines is 3. The average molecular weight is 406 g/mol. The van der Waals surface area contributed by atoms with Gasteiger partial charge in [-0.1, -0.05) is 18.2 Å². The van der Waals surface area contributed by atoms with Gasteiger partial charge in [0.25, 0.3) is 0 Å². The monoisotopic (exact) mass is 406 g/mol. The molecular formula is C22H26N6O2. The Kier molecular flexibility index (Phi) is 5.67. The first kappa shape index (κ1) is 19.9. The second-order valence-corrected chi connectivity index (χ2v) is 7.31. The molecule has 2 heterocycles. The first-order chi connectivity index (χ1) is 14.6. The quantitative estimate of drug-likeness (QED) is 0.644. The molecule has 2 aromatic carbocycles. The third kappa shape index (κ3) is 4.28. The van der Waals surface area contributed by atoms with E-state index in [2.05, 4.69) is 31.2 Å². The fourth-order valence-electron chi connectivity index (χ4n) is 3.67. The van der Waals surface area contributed by atoms with E-state index in [0.29, 0.717) is 18.3 Å². The summed E-state index contributed by atoms with van der Waals surface area (Å²) in [6.07, 6.45) is 0.921. The highest BCUT2D eigenvalue weighted by atomic mass is 16.5. The second kappa shape index (κ2) is 8.54. The average Bonchev–Trinajstić information content (AvgIpc) is 2.74. The molecule has 0 fully saturated rings. The Morgan fingerprint density at radius 1 is 1.03 bits per heavy atom. The van der Waals surface area contributed by atoms with Crippen LogP contribution in [0.15, 0.2) is 36.4 Å². The SMILES string of the molecule is COc1cc2c(cc1OC)CN(Cc1nc(N)nc(Nc3ccccc3C)n1)CC2. The van der Waals surface area contributed by atoms with Gasteiger partial charge in [-0.2, -0.15) is 15.0 Å². The van der Waals surface area contributed by atoms with Gasteiger partial charge in [-0.15, -0.1) is 0 Å². The summed E-state index contributed by atoms with van der Waals surface area (Å²) in [5, 5.41) is 3.24. The standard InChI is InChI=1S/C22H26N6O2/c1-14-6-4-5-7-17(14)24-22-26-20(25-21(23)27-22)13-28-9-8-15-10-18(29-2)19(30-3)11-16(15)12-28/h4-7,10-11H,8-9,12-13H2,1-3H3,(H3,23,24,25,26,27). The molecule has 3 N–H and O–H groups in total. The van der Waals surface area contributed by atoms with Crippen molar-refractivity contribution in [3.05, 3.63) is 58.9 Å². The molecule has 0 spiro atoms. The van der Waals surface area contributed by atoms with Crippen LogP contribution in [-0.4, -0.2) is 40.6 Å². The van der Waals surface area contributed by atoms with Crippen LogP contribution in [0.2, 0.25) is 0 Å². The molecule has 4 rings (SSSR count). The lowest BCUT2D eigenvalue weighted by Gasteiger charge is -2.29. The van der Waals surface area contributed by atoms with E-state index in [9.17, 15) is 0 Å². The van der Waals surface area contributed by atoms with Gasteiger partial charge < -0.3 is 20.5 Å². The Morgan fingerprint density at radius 2 is 1.77 bits per heavy atom. The number of methoxy groups -OCH3 is 2. The van der Waals surface area contributed by atoms with Crippen LogP contribution in [0.25, 0.3) is 0 Å². The van der Waals surface area contributed by atoms with E-state index in [4.69, 9.17) is 15.2 Å². The summed E-state index contributed by atoms with van der Waals surface area (Å²) in [7, 11) is 3.31. The van der Waals surface area contributed by atoms with Crippen LogP contribution in [0.5, 0.6) is 11.5 Å². The maximum atomic E-state index is 5.95. The van der Waals surface area contributed by atoms with Crippen LogP contribution >= 0.6 is 0 Å². The zero-order valence-electron chi connectivity index (χ0n) is 17.5. The van der Waals surface area contributed by atoms with Crippen LogP contribution in [0.1, 0.15) is 22.5 Å². The minimum absolute atomic E-state index is 0.208. The number of hydrogen-bond donors (Lipinski definition) is 2. The Bertz CT molecular complexity index is 1060. The molecule has 0 aliphatic carbocycles. The number of ether oxygens (including phenoxy) is 2. The van der Waals surface area contributed by atoms with Crippen LogP contribution in [0, 0.1) is 6.92 Å². The number of aryl methyl sites for hydroxylation is 1. The van der Waals surface area contributed by atoms with Crippen LogP contribution in [0.4, 0.5) is 17.6 Å². The van der Waals surface area contributed by atoms with E-state index < -0.39 is 0 Å². The molecule has 0 saturated heterocycles. The first-order valence-corrected chi connectivity index (χ1v) is 9.85. The number of nitrogens with one attached hydrogen (secondary N) is 1. The molecule has 8 heteroatoms. The van der Waals surface area contributed by atoms with E-state index >= 15 is 0 Å². The topological polar surface area (TPSA) is 98.4 Å². The van der Waals surface area contributed by atoms with Crippen molar-refractivity contribution in [1.29, 1.82) is 0 Å². The van der Waals surface area contributed by atoms with Crippen LogP contribution in [0.3, 0.4) is 0 Å². The number of rotatable bonds is 6. The number of nitrogens with two attached hydrogens (primary N) is 1. The van der Waals surface area contributed by atoms with Crippen molar-refractivity contribution in [1.82, 2.24) is 19.9 Å². The molecule has 1 aromatic heterocycles. The van der Waals surface area contributed by atoms with Crippen molar-refractivity contribution in [2.24, 2.45) is 0 Å². The Hall–Kier alpha value is -3.39. The highest BCUT2D eigenvalue weighted by Crippen LogP contribution is 2.33. The zero-order chi connectivity index (χ0) is 21.1. The van der Waals surface area contributed by atoms with Gasteiger partial charge in [-0.25, -0.2) is 0 Å². The van der Waals surface area contributed by atoms with E-state index in [0.717, 1.165) is 42.3 Å². The number of fused-ring (bicyclic) bond motifs is 1. The summed E-state index contributed by atoms with van der Waals surface area (Å²) in [5.74, 6) is 2.81. The molecular weight excluding hydrogens is 380 g/mol. The fraction of sp³-hybridized carbons (Fsp3) is 0.318. The lowest BCUT2D eigenvalue weighted by atomic mass is 9.99. The molecule has 0 unspecified atom stereocenters. The minimum Gasteiger partial charge on any atom is -0.493 e. The lowest BCUT2D eigenvalue weighted by molar-refractivity contribution is 0.238. The number of aromatic nitrogens is 3. The molecule has 1 aliphatic heterocycles. The molecule has 0 bridgehead atoms. The molecule has 8 nitrogen and oxygen atoms in total. The number of benzene rings is 2. The van der Waals surface area contributed by atoms with Crippen molar-refractivity contribution in [2.75, 3.05) is 31.8 Å². The van der Waals surface area contributed by atoms with Crippen molar-refractivity contribution < 1.29 is 9.47 Å². The Balaban J connectivity index is 1.51. The van der Waals surface area contributed by atoms with Crippen LogP contribution < -0.4 is 20.5 Å². The lowest BCUT2D eigenvalue weighted by Crippen LogP contribution is -2.31. The van der Waals surface area contributed by atoms with Crippen LogP contribution in [-0.2, 0) is 19.5 Å². The summed E-state index contributed by atoms with van der Waals surface area (Å²) in [6, 6.07) is 12.1. The van der Waals surface area contributed by atoms with E-state index in [1.807, 2.05) is 37.3 Å². The summed E-state index contributed by atoms with van der Waals surface area (Å²) in [6.45, 7) is 4.29. The third-order valence-corrected chi connectivity index (χ3v) is 5.25. The third-order valence-electron chi connectivity index (χ3n) is 5.25. The fourth-order valence-corrected chi connectivity index (χ4v) is 3.67. The van der Waals surface area contributed by atoms with Crippen molar-refractivity contribution in [3.8, 4) is 11.5 Å². The number of nitrogens with zero attached hydrogens (tertiary/aromatic N) is 4. The number of para-hydroxylation sites is 1. The number of nitrogen functional groups attached to an aromatic ring is 1. The minimum atomic E-state index is 0.208. The van der Waals surface area contributed by atoms with Gasteiger partial charge in [0.15, 0.2) is 11.5 Å². The first-order valence-electron chi connectivity index (χ1n) is 9.85. The largest absolute Gasteiger partial charge is 0.493 e. The van der Waals surface area contributed by atoms with Gasteiger partial charge in [0.1, 0.15) is 5.82 Å². The molecule has 0 atom stereocenters. The van der Waals surface area contributed by atoms with E-state index in [1.165, 1.54) is 11.1 Å². The predicted octanol–water partition coefficient (Wildman–Crippen LogP) is 3.08. The van der Waals surface area contributed by atoms with Gasteiger partial charge in [-0.3, -0.25) is 4.90 Å². The maximum absolute atomic E-state index is 5.95. The van der Waals surface area contributed by atoms with Gasteiger partial charge >= 0.3 is 0 Å². The summed E-state index contributed by atoms with van der Waals surface area (Å²) < 4.78 is 10.9. The normalized spacial score (nSPS) is 13.6. The summed E-state index contributed by atoms with van der Waals surface area (Å²) in [5.41, 5.74) is 10.5. The van der Waals surface area contributed by atoms with Crippen molar-refractivity contribution in [3.63, 3.8) is 0 Å². The summed E-state index contributed by atoms with van der Waals surface area (Å²) in [4.78, 5) is 15.4. The van der Waals surface area contributed by atoms with E-state index in [1.54, 1.807) is 14.2 Å². The highest BCUT2D eigenvalue weighted by molar-refractivity contribution is 5.58. The Labute approximate surface area is 176 Å². The summed E-state index contributed by atoms with van der Waals surface area (Å²) >= 11 is 0. The van der Waals surface area contributed by atoms with Gasteiger partial charge in [0.05, 0.1) is 20.8 Å². The molecule has 3 aromatic rings. The highest BCUT2D eigenvalue weighted by Gasteiger charge is 2.21. The van der Waals surface area contributed by atoms with E-state index in [-0.39, 0.29) is 5.95 Å². The molecule has 0 radical (unpaired) electrons. The van der Waals surface area contributed by atoms with Crippen molar-refractivity contribution >= 4 is 17.6 Å². The molecule has 156 valence electrons. The molecule has 30 heavy (non-hydrogen) atoms. The predicted molar refractivity (Wildman–Crippen MR) is 116 cm³/mol. The van der Waals surface area contributed by atoms with Gasteiger partial charge in [0.2, 0.25) is 11.9 Å². The van der Waals surface area contributed by atoms with Gasteiger partial charge in [0, 0.05) is 18.8 Å². The van der Waals surface area contributed by atoms with Gasteiger partial charge in [-0.05, 0) is 48.2 Å². The second-order valence-electron chi connectivity index (χ2n) is 7.31. The molecule has 0 amide bonds. The Morgan fingerprint density at radius 3 is 2.50 bits per heavy atom. The number of hydrogen-bond acceptors (Lipinski definition) is 8. The zero-order valence-corrected chi connectivity index (χ0v) is 17.5. The molecule has 1 aliphatic rings. The smallest absolute Gasteiger partial charge is 0.232 e. The van der Waals surface area contributed by atoms with Crippen molar-refractivity contribution in [2.45, 2.75) is 26.4 Å². The molecule has 0 saturated carbocycles.